The van der Waals surface area contributed by atoms with Crippen LogP contribution in [0.25, 0.3) is 0 Å². The van der Waals surface area contributed by atoms with Crippen LogP contribution >= 0.6 is 23.4 Å². The van der Waals surface area contributed by atoms with Crippen molar-refractivity contribution in [2.45, 2.75) is 17.1 Å². The van der Waals surface area contributed by atoms with Crippen molar-refractivity contribution in [3.8, 4) is 0 Å². The predicted molar refractivity (Wildman–Crippen MR) is 65.3 cm³/mol. The van der Waals surface area contributed by atoms with Crippen LogP contribution in [0.15, 0.2) is 23.1 Å². The summed E-state index contributed by atoms with van der Waals surface area (Å²) in [6.07, 6.45) is 0. The maximum atomic E-state index is 11.3. The van der Waals surface area contributed by atoms with E-state index in [1.54, 1.807) is 19.2 Å². The summed E-state index contributed by atoms with van der Waals surface area (Å²) in [5, 5.41) is 3.02. The first-order valence-corrected chi connectivity index (χ1v) is 5.73. The number of thioether (sulfide) groups is 1. The van der Waals surface area contributed by atoms with Gasteiger partial charge in [0.25, 0.3) is 0 Å². The van der Waals surface area contributed by atoms with Gasteiger partial charge in [0, 0.05) is 22.7 Å². The average molecular weight is 245 g/mol. The van der Waals surface area contributed by atoms with Crippen LogP contribution in [-0.4, -0.2) is 18.2 Å². The molecule has 1 unspecified atom stereocenters. The Bertz CT molecular complexity index is 370. The van der Waals surface area contributed by atoms with Crippen LogP contribution in [-0.2, 0) is 4.79 Å². The van der Waals surface area contributed by atoms with Crippen LogP contribution in [0.3, 0.4) is 0 Å². The molecule has 1 amide bonds. The normalized spacial score (nSPS) is 12.2. The molecule has 1 atom stereocenters. The molecule has 0 aliphatic rings. The fourth-order valence-electron chi connectivity index (χ4n) is 1.07. The monoisotopic (exact) mass is 244 g/mol. The van der Waals surface area contributed by atoms with Gasteiger partial charge in [0.1, 0.15) is 0 Å². The van der Waals surface area contributed by atoms with Crippen molar-refractivity contribution < 1.29 is 4.79 Å². The van der Waals surface area contributed by atoms with Crippen LogP contribution in [0.5, 0.6) is 0 Å². The van der Waals surface area contributed by atoms with Gasteiger partial charge >= 0.3 is 0 Å². The van der Waals surface area contributed by atoms with E-state index in [4.69, 9.17) is 17.3 Å². The third kappa shape index (κ3) is 3.32. The highest BCUT2D eigenvalue weighted by Crippen LogP contribution is 2.30. The molecule has 1 aromatic rings. The number of hydrogen-bond donors (Lipinski definition) is 2. The van der Waals surface area contributed by atoms with Crippen molar-refractivity contribution in [3.63, 3.8) is 0 Å². The smallest absolute Gasteiger partial charge is 0.232 e. The van der Waals surface area contributed by atoms with E-state index < -0.39 is 0 Å². The lowest BCUT2D eigenvalue weighted by Gasteiger charge is -2.11. The van der Waals surface area contributed by atoms with Crippen molar-refractivity contribution in [1.29, 1.82) is 0 Å². The molecule has 0 saturated heterocycles. The second kappa shape index (κ2) is 5.28. The van der Waals surface area contributed by atoms with Gasteiger partial charge in [0.05, 0.1) is 5.25 Å². The van der Waals surface area contributed by atoms with Gasteiger partial charge in [-0.2, -0.15) is 0 Å². The number of amides is 1. The number of nitrogens with one attached hydrogen (secondary N) is 1. The quantitative estimate of drug-likeness (QED) is 0.633. The minimum absolute atomic E-state index is 0.0191. The van der Waals surface area contributed by atoms with E-state index in [1.165, 1.54) is 11.8 Å². The summed E-state index contributed by atoms with van der Waals surface area (Å²) in [5.74, 6) is -0.0191. The minimum Gasteiger partial charge on any atom is -0.398 e. The second-order valence-electron chi connectivity index (χ2n) is 3.06. The summed E-state index contributed by atoms with van der Waals surface area (Å²) in [4.78, 5) is 12.2. The van der Waals surface area contributed by atoms with Gasteiger partial charge in [-0.05, 0) is 25.1 Å². The molecule has 82 valence electrons. The number of nitrogens with two attached hydrogens (primary N) is 1. The standard InChI is InChI=1S/C10H13ClN2OS/c1-6(10(14)13-2)15-9-4-3-7(11)5-8(9)12/h3-6H,12H2,1-2H3,(H,13,14). The number of anilines is 1. The molecule has 0 aliphatic carbocycles. The van der Waals surface area contributed by atoms with E-state index >= 15 is 0 Å². The van der Waals surface area contributed by atoms with Crippen molar-refractivity contribution in [3.05, 3.63) is 23.2 Å². The van der Waals surface area contributed by atoms with Crippen molar-refractivity contribution in [2.75, 3.05) is 12.8 Å². The maximum absolute atomic E-state index is 11.3. The fraction of sp³-hybridized carbons (Fsp3) is 0.300. The van der Waals surface area contributed by atoms with Crippen molar-refractivity contribution in [2.24, 2.45) is 0 Å². The molecule has 3 N–H and O–H groups in total. The summed E-state index contributed by atoms with van der Waals surface area (Å²) in [5.41, 5.74) is 6.37. The van der Waals surface area contributed by atoms with E-state index in [2.05, 4.69) is 5.32 Å². The Morgan fingerprint density at radius 3 is 2.80 bits per heavy atom. The molecule has 15 heavy (non-hydrogen) atoms. The molecular formula is C10H13ClN2OS. The first kappa shape index (κ1) is 12.2. The molecule has 0 heterocycles. The Morgan fingerprint density at radius 2 is 2.27 bits per heavy atom. The molecule has 0 aliphatic heterocycles. The molecule has 3 nitrogen and oxygen atoms in total. The molecule has 1 aromatic carbocycles. The van der Waals surface area contributed by atoms with Crippen molar-refractivity contribution in [1.82, 2.24) is 5.32 Å². The number of hydrogen-bond acceptors (Lipinski definition) is 3. The molecule has 0 fully saturated rings. The fourth-order valence-corrected chi connectivity index (χ4v) is 2.20. The largest absolute Gasteiger partial charge is 0.398 e. The molecule has 1 rings (SSSR count). The zero-order chi connectivity index (χ0) is 11.4. The second-order valence-corrected chi connectivity index (χ2v) is 4.88. The number of carbonyl (C=O) groups is 1. The van der Waals surface area contributed by atoms with E-state index in [0.29, 0.717) is 10.7 Å². The zero-order valence-corrected chi connectivity index (χ0v) is 10.2. The molecule has 0 saturated carbocycles. The van der Waals surface area contributed by atoms with Crippen LogP contribution in [0, 0.1) is 0 Å². The maximum Gasteiger partial charge on any atom is 0.232 e. The summed E-state index contributed by atoms with van der Waals surface area (Å²) in [6.45, 7) is 1.83. The Kier molecular flexibility index (Phi) is 4.29. The molecule has 0 bridgehead atoms. The minimum atomic E-state index is -0.168. The zero-order valence-electron chi connectivity index (χ0n) is 8.58. The Hall–Kier alpha value is -0.870. The molecule has 0 spiro atoms. The number of carbonyl (C=O) groups excluding carboxylic acids is 1. The predicted octanol–water partition coefficient (Wildman–Crippen LogP) is 2.15. The molecular weight excluding hydrogens is 232 g/mol. The van der Waals surface area contributed by atoms with Crippen LogP contribution < -0.4 is 11.1 Å². The number of benzene rings is 1. The van der Waals surface area contributed by atoms with Crippen LogP contribution in [0.4, 0.5) is 5.69 Å². The average Bonchev–Trinajstić information content (AvgIpc) is 2.20. The summed E-state index contributed by atoms with van der Waals surface area (Å²) in [7, 11) is 1.62. The van der Waals surface area contributed by atoms with E-state index in [0.717, 1.165) is 4.90 Å². The number of nitrogen functional groups attached to an aromatic ring is 1. The molecule has 0 aromatic heterocycles. The van der Waals surface area contributed by atoms with Gasteiger partial charge in [0.15, 0.2) is 0 Å². The van der Waals surface area contributed by atoms with E-state index in [1.807, 2.05) is 13.0 Å². The van der Waals surface area contributed by atoms with Crippen molar-refractivity contribution >= 4 is 35.0 Å². The Labute approximate surface area is 98.4 Å². The SMILES string of the molecule is CNC(=O)C(C)Sc1ccc(Cl)cc1N. The Morgan fingerprint density at radius 1 is 1.60 bits per heavy atom. The molecule has 0 radical (unpaired) electrons. The van der Waals surface area contributed by atoms with Gasteiger partial charge in [-0.25, -0.2) is 0 Å². The third-order valence-electron chi connectivity index (χ3n) is 1.89. The van der Waals surface area contributed by atoms with E-state index in [9.17, 15) is 4.79 Å². The lowest BCUT2D eigenvalue weighted by atomic mass is 10.3. The lowest BCUT2D eigenvalue weighted by Crippen LogP contribution is -2.27. The highest BCUT2D eigenvalue weighted by molar-refractivity contribution is 8.00. The van der Waals surface area contributed by atoms with Crippen LogP contribution in [0.2, 0.25) is 5.02 Å². The van der Waals surface area contributed by atoms with Gasteiger partial charge in [-0.1, -0.05) is 11.6 Å². The topological polar surface area (TPSA) is 55.1 Å². The summed E-state index contributed by atoms with van der Waals surface area (Å²) < 4.78 is 0. The first-order valence-electron chi connectivity index (χ1n) is 4.48. The van der Waals surface area contributed by atoms with Gasteiger partial charge < -0.3 is 11.1 Å². The number of rotatable bonds is 3. The third-order valence-corrected chi connectivity index (χ3v) is 3.32. The molecule has 5 heteroatoms. The van der Waals surface area contributed by atoms with Gasteiger partial charge in [-0.3, -0.25) is 4.79 Å². The highest BCUT2D eigenvalue weighted by Gasteiger charge is 2.13. The highest BCUT2D eigenvalue weighted by atomic mass is 35.5. The Balaban J connectivity index is 2.76. The summed E-state index contributed by atoms with van der Waals surface area (Å²) in [6, 6.07) is 5.26. The van der Waals surface area contributed by atoms with Gasteiger partial charge in [-0.15, -0.1) is 11.8 Å². The van der Waals surface area contributed by atoms with Crippen LogP contribution in [0.1, 0.15) is 6.92 Å². The first-order chi connectivity index (χ1) is 7.04. The summed E-state index contributed by atoms with van der Waals surface area (Å²) >= 11 is 7.19. The number of halogens is 1. The lowest BCUT2D eigenvalue weighted by molar-refractivity contribution is -0.119. The van der Waals surface area contributed by atoms with E-state index in [-0.39, 0.29) is 11.2 Å². The van der Waals surface area contributed by atoms with Gasteiger partial charge in [0.2, 0.25) is 5.91 Å².